The van der Waals surface area contributed by atoms with Crippen LogP contribution in [0.3, 0.4) is 0 Å². The molecule has 30 heavy (non-hydrogen) atoms. The number of aliphatic imine (C=N–C) groups is 1. The third-order valence-corrected chi connectivity index (χ3v) is 7.19. The van der Waals surface area contributed by atoms with Crippen LogP contribution in [-0.2, 0) is 16.4 Å². The van der Waals surface area contributed by atoms with Crippen LogP contribution in [0.2, 0.25) is 0 Å². The van der Waals surface area contributed by atoms with Crippen LogP contribution in [0, 0.1) is 5.82 Å². The SMILES string of the molecule is CCOc1cc2nccc(NC3=NCc4ccc(F)cc43)c2cc1S(=O)(=O)C(C)C. The quantitative estimate of drug-likeness (QED) is 0.656. The van der Waals surface area contributed by atoms with Crippen LogP contribution < -0.4 is 10.1 Å². The Balaban J connectivity index is 1.84. The molecule has 0 spiro atoms. The number of anilines is 1. The molecule has 0 aliphatic carbocycles. The van der Waals surface area contributed by atoms with Crippen molar-refractivity contribution in [3.8, 4) is 5.75 Å². The zero-order valence-electron chi connectivity index (χ0n) is 16.9. The highest BCUT2D eigenvalue weighted by Crippen LogP contribution is 2.35. The molecule has 0 radical (unpaired) electrons. The summed E-state index contributed by atoms with van der Waals surface area (Å²) in [5, 5.41) is 3.25. The highest BCUT2D eigenvalue weighted by molar-refractivity contribution is 7.92. The number of rotatable bonds is 5. The van der Waals surface area contributed by atoms with E-state index in [1.54, 1.807) is 51.2 Å². The summed E-state index contributed by atoms with van der Waals surface area (Å²) in [4.78, 5) is 8.97. The van der Waals surface area contributed by atoms with Gasteiger partial charge in [-0.15, -0.1) is 0 Å². The van der Waals surface area contributed by atoms with Gasteiger partial charge >= 0.3 is 0 Å². The zero-order valence-corrected chi connectivity index (χ0v) is 17.8. The van der Waals surface area contributed by atoms with E-state index in [1.165, 1.54) is 12.1 Å². The number of halogens is 1. The summed E-state index contributed by atoms with van der Waals surface area (Å²) in [5.74, 6) is 0.490. The average Bonchev–Trinajstić information content (AvgIpc) is 3.09. The fourth-order valence-corrected chi connectivity index (χ4v) is 4.59. The maximum absolute atomic E-state index is 13.7. The normalized spacial score (nSPS) is 13.4. The maximum Gasteiger partial charge on any atom is 0.184 e. The molecule has 1 aliphatic rings. The second kappa shape index (κ2) is 7.68. The van der Waals surface area contributed by atoms with Crippen LogP contribution in [-0.4, -0.2) is 31.1 Å². The minimum Gasteiger partial charge on any atom is -0.492 e. The molecule has 156 valence electrons. The Morgan fingerprint density at radius 2 is 2.00 bits per heavy atom. The molecule has 0 atom stereocenters. The number of fused-ring (bicyclic) bond motifs is 2. The van der Waals surface area contributed by atoms with Crippen molar-refractivity contribution >= 4 is 32.3 Å². The van der Waals surface area contributed by atoms with E-state index in [4.69, 9.17) is 4.74 Å². The van der Waals surface area contributed by atoms with Crippen molar-refractivity contribution in [2.24, 2.45) is 4.99 Å². The lowest BCUT2D eigenvalue weighted by molar-refractivity contribution is 0.331. The number of aromatic nitrogens is 1. The first-order valence-electron chi connectivity index (χ1n) is 9.71. The molecular weight excluding hydrogens is 405 g/mol. The Labute approximate surface area is 174 Å². The Hall–Kier alpha value is -3.00. The Morgan fingerprint density at radius 3 is 2.73 bits per heavy atom. The topological polar surface area (TPSA) is 80.7 Å². The Morgan fingerprint density at radius 1 is 1.20 bits per heavy atom. The van der Waals surface area contributed by atoms with Gasteiger partial charge in [0.1, 0.15) is 22.3 Å². The van der Waals surface area contributed by atoms with Gasteiger partial charge in [-0.2, -0.15) is 0 Å². The van der Waals surface area contributed by atoms with Gasteiger partial charge < -0.3 is 10.1 Å². The number of nitrogens with one attached hydrogen (secondary N) is 1. The first kappa shape index (κ1) is 20.3. The minimum absolute atomic E-state index is 0.128. The van der Waals surface area contributed by atoms with E-state index in [2.05, 4.69) is 15.3 Å². The number of benzene rings is 2. The third kappa shape index (κ3) is 3.52. The number of nitrogens with zero attached hydrogens (tertiary/aromatic N) is 2. The van der Waals surface area contributed by atoms with Gasteiger partial charge in [-0.3, -0.25) is 9.98 Å². The first-order valence-corrected chi connectivity index (χ1v) is 11.3. The molecular formula is C22H22FN3O3S. The second-order valence-electron chi connectivity index (χ2n) is 7.29. The lowest BCUT2D eigenvalue weighted by Gasteiger charge is -2.16. The number of ether oxygens (including phenoxy) is 1. The molecule has 1 aromatic heterocycles. The van der Waals surface area contributed by atoms with E-state index < -0.39 is 15.1 Å². The van der Waals surface area contributed by atoms with Crippen LogP contribution in [0.5, 0.6) is 5.75 Å². The van der Waals surface area contributed by atoms with E-state index >= 15 is 0 Å². The molecule has 0 saturated heterocycles. The van der Waals surface area contributed by atoms with Gasteiger partial charge in [-0.1, -0.05) is 6.07 Å². The van der Waals surface area contributed by atoms with Crippen molar-refractivity contribution in [3.05, 3.63) is 59.5 Å². The van der Waals surface area contributed by atoms with Gasteiger partial charge in [0.15, 0.2) is 9.84 Å². The van der Waals surface area contributed by atoms with Crippen LogP contribution in [0.1, 0.15) is 31.9 Å². The van der Waals surface area contributed by atoms with Gasteiger partial charge in [0, 0.05) is 23.2 Å². The number of amidine groups is 1. The standard InChI is InChI=1S/C22H22FN3O3S/c1-4-29-20-11-19-17(10-21(20)30(27,28)13(2)3)18(7-8-24-19)26-22-16-9-15(23)6-5-14(16)12-25-22/h5-11,13H,4,12H2,1-3H3,(H,24,25,26). The summed E-state index contributed by atoms with van der Waals surface area (Å²) in [6, 6.07) is 9.55. The van der Waals surface area contributed by atoms with E-state index in [0.717, 1.165) is 5.56 Å². The van der Waals surface area contributed by atoms with Crippen LogP contribution >= 0.6 is 0 Å². The molecule has 2 aromatic carbocycles. The molecule has 1 N–H and O–H groups in total. The maximum atomic E-state index is 13.7. The summed E-state index contributed by atoms with van der Waals surface area (Å²) in [7, 11) is -3.58. The number of hydrogen-bond donors (Lipinski definition) is 1. The molecule has 6 nitrogen and oxygen atoms in total. The molecule has 8 heteroatoms. The summed E-state index contributed by atoms with van der Waals surface area (Å²) in [5.41, 5.74) is 2.85. The molecule has 0 bridgehead atoms. The first-order chi connectivity index (χ1) is 14.3. The van der Waals surface area contributed by atoms with Gasteiger partial charge in [-0.25, -0.2) is 12.8 Å². The van der Waals surface area contributed by atoms with E-state index in [9.17, 15) is 12.8 Å². The molecule has 3 aromatic rings. The lowest BCUT2D eigenvalue weighted by atomic mass is 10.1. The lowest BCUT2D eigenvalue weighted by Crippen LogP contribution is -2.16. The molecule has 1 aliphatic heterocycles. The van der Waals surface area contributed by atoms with Crippen molar-refractivity contribution in [1.82, 2.24) is 4.98 Å². The predicted molar refractivity (Wildman–Crippen MR) is 115 cm³/mol. The smallest absolute Gasteiger partial charge is 0.184 e. The largest absolute Gasteiger partial charge is 0.492 e. The summed E-state index contributed by atoms with van der Waals surface area (Å²) >= 11 is 0. The molecule has 0 saturated carbocycles. The van der Waals surface area contributed by atoms with Crippen LogP contribution in [0.25, 0.3) is 10.9 Å². The van der Waals surface area contributed by atoms with Crippen molar-refractivity contribution in [2.75, 3.05) is 11.9 Å². The van der Waals surface area contributed by atoms with Gasteiger partial charge in [0.25, 0.3) is 0 Å². The van der Waals surface area contributed by atoms with Gasteiger partial charge in [0.05, 0.1) is 29.6 Å². The average molecular weight is 428 g/mol. The fraction of sp³-hybridized carbons (Fsp3) is 0.273. The summed E-state index contributed by atoms with van der Waals surface area (Å²) in [6.45, 7) is 5.87. The van der Waals surface area contributed by atoms with E-state index in [0.29, 0.717) is 41.1 Å². The van der Waals surface area contributed by atoms with Crippen molar-refractivity contribution in [1.29, 1.82) is 0 Å². The monoisotopic (exact) mass is 427 g/mol. The molecule has 2 heterocycles. The third-order valence-electron chi connectivity index (χ3n) is 5.02. The Bertz CT molecular complexity index is 1270. The highest BCUT2D eigenvalue weighted by Gasteiger charge is 2.26. The van der Waals surface area contributed by atoms with Crippen LogP contribution in [0.15, 0.2) is 52.5 Å². The minimum atomic E-state index is -3.58. The van der Waals surface area contributed by atoms with E-state index in [-0.39, 0.29) is 16.5 Å². The van der Waals surface area contributed by atoms with Crippen molar-refractivity contribution in [2.45, 2.75) is 37.5 Å². The molecule has 0 fully saturated rings. The molecule has 4 rings (SSSR count). The zero-order chi connectivity index (χ0) is 21.5. The number of pyridine rings is 1. The van der Waals surface area contributed by atoms with Gasteiger partial charge in [0.2, 0.25) is 0 Å². The molecule has 0 amide bonds. The Kier molecular flexibility index (Phi) is 5.19. The van der Waals surface area contributed by atoms with Crippen LogP contribution in [0.4, 0.5) is 10.1 Å². The second-order valence-corrected chi connectivity index (χ2v) is 9.77. The van der Waals surface area contributed by atoms with E-state index in [1.807, 2.05) is 0 Å². The predicted octanol–water partition coefficient (Wildman–Crippen LogP) is 4.33. The number of sulfone groups is 1. The summed E-state index contributed by atoms with van der Waals surface area (Å²) in [6.07, 6.45) is 1.62. The number of hydrogen-bond acceptors (Lipinski definition) is 6. The fourth-order valence-electron chi connectivity index (χ4n) is 3.40. The van der Waals surface area contributed by atoms with Gasteiger partial charge in [-0.05, 0) is 50.6 Å². The highest BCUT2D eigenvalue weighted by atomic mass is 32.2. The van der Waals surface area contributed by atoms with Crippen molar-refractivity contribution in [3.63, 3.8) is 0 Å². The summed E-state index contributed by atoms with van der Waals surface area (Å²) < 4.78 is 45.2. The van der Waals surface area contributed by atoms with Crippen molar-refractivity contribution < 1.29 is 17.5 Å². The molecule has 0 unspecified atom stereocenters.